The summed E-state index contributed by atoms with van der Waals surface area (Å²) in [5, 5.41) is 0. The van der Waals surface area contributed by atoms with Crippen LogP contribution in [0.15, 0.2) is 36.4 Å². The summed E-state index contributed by atoms with van der Waals surface area (Å²) in [5.74, 6) is 1.51. The summed E-state index contributed by atoms with van der Waals surface area (Å²) in [5.41, 5.74) is 9.39. The number of nitrogens with zero attached hydrogens (tertiary/aromatic N) is 1. The van der Waals surface area contributed by atoms with E-state index in [-0.39, 0.29) is 5.91 Å². The second-order valence-electron chi connectivity index (χ2n) is 7.21. The van der Waals surface area contributed by atoms with Gasteiger partial charge in [0.15, 0.2) is 11.5 Å². The summed E-state index contributed by atoms with van der Waals surface area (Å²) in [6, 6.07) is 11.5. The minimum Gasteiger partial charge on any atom is -0.493 e. The van der Waals surface area contributed by atoms with E-state index in [2.05, 4.69) is 6.92 Å². The number of carbonyl (C=O) groups excluding carboxylic acids is 1. The molecule has 5 heteroatoms. The van der Waals surface area contributed by atoms with Gasteiger partial charge in [-0.1, -0.05) is 31.9 Å². The number of nitrogens with two attached hydrogens (primary N) is 1. The maximum atomic E-state index is 13.0. The van der Waals surface area contributed by atoms with Crippen LogP contribution in [0.1, 0.15) is 47.7 Å². The Kier molecular flexibility index (Phi) is 6.80. The molecule has 1 aliphatic rings. The Morgan fingerprint density at radius 2 is 1.89 bits per heavy atom. The van der Waals surface area contributed by atoms with Crippen molar-refractivity contribution in [1.82, 2.24) is 4.90 Å². The highest BCUT2D eigenvalue weighted by atomic mass is 16.5. The van der Waals surface area contributed by atoms with Crippen LogP contribution in [0.5, 0.6) is 11.5 Å². The van der Waals surface area contributed by atoms with Crippen LogP contribution >= 0.6 is 0 Å². The van der Waals surface area contributed by atoms with Crippen LogP contribution in [0.4, 0.5) is 5.69 Å². The maximum Gasteiger partial charge on any atom is 0.254 e. The minimum atomic E-state index is 0.0674. The molecule has 2 aromatic rings. The Hall–Kier alpha value is -2.69. The molecule has 0 saturated heterocycles. The second-order valence-corrected chi connectivity index (χ2v) is 7.21. The quantitative estimate of drug-likeness (QED) is 0.524. The summed E-state index contributed by atoms with van der Waals surface area (Å²) in [4.78, 5) is 15.0. The van der Waals surface area contributed by atoms with E-state index < -0.39 is 0 Å². The second kappa shape index (κ2) is 9.49. The Bertz CT molecular complexity index is 802. The topological polar surface area (TPSA) is 64.8 Å². The van der Waals surface area contributed by atoms with Gasteiger partial charge in [-0.3, -0.25) is 4.79 Å². The Morgan fingerprint density at radius 1 is 1.11 bits per heavy atom. The van der Waals surface area contributed by atoms with Crippen LogP contribution in [-0.2, 0) is 12.8 Å². The summed E-state index contributed by atoms with van der Waals surface area (Å²) in [6.07, 6.45) is 4.88. The van der Waals surface area contributed by atoms with E-state index in [4.69, 9.17) is 15.2 Å². The zero-order chi connectivity index (χ0) is 19.9. The van der Waals surface area contributed by atoms with Crippen molar-refractivity contribution in [3.8, 4) is 11.5 Å². The van der Waals surface area contributed by atoms with Gasteiger partial charge in [-0.2, -0.15) is 0 Å². The number of anilines is 1. The highest BCUT2D eigenvalue weighted by molar-refractivity contribution is 5.98. The van der Waals surface area contributed by atoms with Gasteiger partial charge >= 0.3 is 0 Å². The predicted octanol–water partition coefficient (Wildman–Crippen LogP) is 4.09. The van der Waals surface area contributed by atoms with E-state index in [1.807, 2.05) is 41.3 Å². The van der Waals surface area contributed by atoms with E-state index in [0.29, 0.717) is 25.4 Å². The van der Waals surface area contributed by atoms with Crippen molar-refractivity contribution in [2.45, 2.75) is 39.0 Å². The smallest absolute Gasteiger partial charge is 0.254 e. The van der Waals surface area contributed by atoms with Crippen molar-refractivity contribution >= 4 is 11.6 Å². The fraction of sp³-hybridized carbons (Fsp3) is 0.435. The molecular weight excluding hydrogens is 352 g/mol. The lowest BCUT2D eigenvalue weighted by molar-refractivity contribution is 0.0739. The van der Waals surface area contributed by atoms with Crippen molar-refractivity contribution in [2.75, 3.05) is 32.5 Å². The molecule has 1 aliphatic heterocycles. The largest absolute Gasteiger partial charge is 0.493 e. The van der Waals surface area contributed by atoms with Crippen molar-refractivity contribution in [2.24, 2.45) is 0 Å². The molecule has 2 N–H and O–H groups in total. The number of hydrogen-bond donors (Lipinski definition) is 1. The maximum absolute atomic E-state index is 13.0. The number of rotatable bonds is 9. The number of ether oxygens (including phenoxy) is 2. The highest BCUT2D eigenvalue weighted by Gasteiger charge is 2.28. The molecule has 28 heavy (non-hydrogen) atoms. The van der Waals surface area contributed by atoms with Gasteiger partial charge in [-0.15, -0.1) is 0 Å². The Balaban J connectivity index is 1.71. The molecule has 150 valence electrons. The number of nitrogen functional groups attached to an aromatic ring is 1. The molecule has 0 bridgehead atoms. The molecule has 0 fully saturated rings. The first-order valence-electron chi connectivity index (χ1n) is 10.1. The predicted molar refractivity (Wildman–Crippen MR) is 112 cm³/mol. The third-order valence-corrected chi connectivity index (χ3v) is 5.24. The van der Waals surface area contributed by atoms with E-state index in [1.165, 1.54) is 5.56 Å². The third kappa shape index (κ3) is 4.58. The summed E-state index contributed by atoms with van der Waals surface area (Å²) in [6.45, 7) is 4.21. The van der Waals surface area contributed by atoms with Crippen molar-refractivity contribution in [3.63, 3.8) is 0 Å². The van der Waals surface area contributed by atoms with E-state index >= 15 is 0 Å². The molecule has 2 aromatic carbocycles. The van der Waals surface area contributed by atoms with Crippen LogP contribution in [0.25, 0.3) is 0 Å². The summed E-state index contributed by atoms with van der Waals surface area (Å²) in [7, 11) is 1.64. The van der Waals surface area contributed by atoms with Crippen LogP contribution in [0, 0.1) is 0 Å². The lowest BCUT2D eigenvalue weighted by atomic mass is 9.96. The van der Waals surface area contributed by atoms with Gasteiger partial charge in [0.2, 0.25) is 0 Å². The van der Waals surface area contributed by atoms with Crippen LogP contribution in [0.3, 0.4) is 0 Å². The van der Waals surface area contributed by atoms with Gasteiger partial charge in [0.05, 0.1) is 13.7 Å². The lowest BCUT2D eigenvalue weighted by Crippen LogP contribution is -2.39. The van der Waals surface area contributed by atoms with Crippen molar-refractivity contribution < 1.29 is 14.3 Å². The van der Waals surface area contributed by atoms with Gasteiger partial charge in [-0.05, 0) is 49.1 Å². The third-order valence-electron chi connectivity index (χ3n) is 5.24. The molecule has 0 aliphatic carbocycles. The molecule has 0 saturated carbocycles. The fourth-order valence-electron chi connectivity index (χ4n) is 3.58. The van der Waals surface area contributed by atoms with Gasteiger partial charge < -0.3 is 20.1 Å². The Labute approximate surface area is 167 Å². The number of fused-ring (bicyclic) bond motifs is 1. The molecular formula is C23H30N2O3. The van der Waals surface area contributed by atoms with Crippen LogP contribution < -0.4 is 15.2 Å². The first kappa shape index (κ1) is 20.1. The van der Waals surface area contributed by atoms with E-state index in [9.17, 15) is 4.79 Å². The number of hydrogen-bond acceptors (Lipinski definition) is 4. The van der Waals surface area contributed by atoms with Gasteiger partial charge in [0.1, 0.15) is 0 Å². The Morgan fingerprint density at radius 3 is 2.61 bits per heavy atom. The molecule has 3 rings (SSSR count). The van der Waals surface area contributed by atoms with Crippen molar-refractivity contribution in [3.05, 3.63) is 53.1 Å². The SMILES string of the molecule is CCCCCOc1c(OC)ccc2c1CCN(CCc1ccc(N)cc1)C2=O. The van der Waals surface area contributed by atoms with Crippen molar-refractivity contribution in [1.29, 1.82) is 0 Å². The highest BCUT2D eigenvalue weighted by Crippen LogP contribution is 2.36. The molecule has 0 aromatic heterocycles. The molecule has 5 nitrogen and oxygen atoms in total. The van der Waals surface area contributed by atoms with Gasteiger partial charge in [0, 0.05) is 29.9 Å². The zero-order valence-corrected chi connectivity index (χ0v) is 16.9. The molecule has 0 unspecified atom stereocenters. The molecule has 1 heterocycles. The zero-order valence-electron chi connectivity index (χ0n) is 16.9. The number of unbranched alkanes of at least 4 members (excludes halogenated alkanes) is 2. The average Bonchev–Trinajstić information content (AvgIpc) is 2.72. The van der Waals surface area contributed by atoms with E-state index in [1.54, 1.807) is 7.11 Å². The normalized spacial score (nSPS) is 13.4. The number of carbonyl (C=O) groups is 1. The molecule has 1 amide bonds. The monoisotopic (exact) mass is 382 g/mol. The van der Waals surface area contributed by atoms with E-state index in [0.717, 1.165) is 54.7 Å². The standard InChI is InChI=1S/C23H30N2O3/c1-3-4-5-16-28-22-19-13-15-25(14-12-17-6-8-18(24)9-7-17)23(26)20(19)10-11-21(22)27-2/h6-11H,3-5,12-16,24H2,1-2H3. The van der Waals surface area contributed by atoms with Gasteiger partial charge in [-0.25, -0.2) is 0 Å². The van der Waals surface area contributed by atoms with Crippen LogP contribution in [-0.4, -0.2) is 37.6 Å². The molecule has 0 spiro atoms. The number of methoxy groups -OCH3 is 1. The summed E-state index contributed by atoms with van der Waals surface area (Å²) < 4.78 is 11.5. The lowest BCUT2D eigenvalue weighted by Gasteiger charge is -2.30. The first-order chi connectivity index (χ1) is 13.6. The number of benzene rings is 2. The fourth-order valence-corrected chi connectivity index (χ4v) is 3.58. The number of amides is 1. The molecule has 0 atom stereocenters. The molecule has 0 radical (unpaired) electrons. The van der Waals surface area contributed by atoms with Crippen LogP contribution in [0.2, 0.25) is 0 Å². The summed E-state index contributed by atoms with van der Waals surface area (Å²) >= 11 is 0. The van der Waals surface area contributed by atoms with Gasteiger partial charge in [0.25, 0.3) is 5.91 Å². The minimum absolute atomic E-state index is 0.0674. The average molecular weight is 383 g/mol. The first-order valence-corrected chi connectivity index (χ1v) is 10.1.